The molecular weight excluding hydrogens is 599 g/mol. The fourth-order valence-corrected chi connectivity index (χ4v) is 6.25. The van der Waals surface area contributed by atoms with E-state index in [4.69, 9.17) is 16.3 Å². The van der Waals surface area contributed by atoms with Crippen LogP contribution in [0, 0.1) is 23.0 Å². The molecule has 14 heteroatoms. The quantitative estimate of drug-likeness (QED) is 0.305. The molecule has 2 aromatic carbocycles. The second-order valence-electron chi connectivity index (χ2n) is 11.0. The Morgan fingerprint density at radius 2 is 2.00 bits per heavy atom. The van der Waals surface area contributed by atoms with Crippen LogP contribution in [0.1, 0.15) is 12.8 Å². The number of halogens is 4. The molecule has 0 radical (unpaired) electrons. The Morgan fingerprint density at radius 1 is 1.18 bits per heavy atom. The lowest BCUT2D eigenvalue weighted by Crippen LogP contribution is -2.55. The molecule has 4 heterocycles. The normalized spacial score (nSPS) is 20.8. The van der Waals surface area contributed by atoms with Crippen molar-refractivity contribution in [3.8, 4) is 23.3 Å². The highest BCUT2D eigenvalue weighted by Gasteiger charge is 2.33. The van der Waals surface area contributed by atoms with Crippen LogP contribution in [0.15, 0.2) is 36.5 Å². The number of hydrogen-bond acceptors (Lipinski definition) is 8. The summed E-state index contributed by atoms with van der Waals surface area (Å²) < 4.78 is 50.9. The van der Waals surface area contributed by atoms with Crippen molar-refractivity contribution in [2.75, 3.05) is 44.7 Å². The molecule has 44 heavy (non-hydrogen) atoms. The maximum atomic E-state index is 16.5. The van der Waals surface area contributed by atoms with Crippen molar-refractivity contribution in [3.63, 3.8) is 0 Å². The van der Waals surface area contributed by atoms with Gasteiger partial charge in [-0.2, -0.15) is 15.2 Å². The number of piperazine rings is 1. The molecule has 2 aliphatic rings. The van der Waals surface area contributed by atoms with Gasteiger partial charge in [0.2, 0.25) is 0 Å². The van der Waals surface area contributed by atoms with Gasteiger partial charge in [0.1, 0.15) is 35.6 Å². The van der Waals surface area contributed by atoms with Gasteiger partial charge in [-0.15, -0.1) is 0 Å². The summed E-state index contributed by atoms with van der Waals surface area (Å²) in [6.07, 6.45) is -0.517. The third-order valence-electron chi connectivity index (χ3n) is 8.23. The predicted octanol–water partition coefficient (Wildman–Crippen LogP) is 5.28. The minimum atomic E-state index is -1.14. The Labute approximate surface area is 255 Å². The summed E-state index contributed by atoms with van der Waals surface area (Å²) in [5.74, 6) is -1.22. The van der Waals surface area contributed by atoms with Gasteiger partial charge in [-0.25, -0.2) is 18.0 Å². The minimum absolute atomic E-state index is 0.0528. The molecule has 0 bridgehead atoms. The van der Waals surface area contributed by atoms with E-state index in [-0.39, 0.29) is 90.7 Å². The number of likely N-dealkylation sites (N-methyl/N-ethyl adjacent to an activating group) is 1. The van der Waals surface area contributed by atoms with Gasteiger partial charge in [-0.3, -0.25) is 9.88 Å². The van der Waals surface area contributed by atoms with E-state index in [0.29, 0.717) is 10.8 Å². The second kappa shape index (κ2) is 11.9. The number of rotatable bonds is 6. The van der Waals surface area contributed by atoms with Crippen molar-refractivity contribution < 1.29 is 27.8 Å². The van der Waals surface area contributed by atoms with Crippen LogP contribution in [0.25, 0.3) is 32.9 Å². The number of anilines is 1. The fraction of sp³-hybridized carbons (Fsp3) is 0.367. The lowest BCUT2D eigenvalue weighted by Gasteiger charge is -2.39. The van der Waals surface area contributed by atoms with Gasteiger partial charge in [0.15, 0.2) is 5.82 Å². The smallest absolute Gasteiger partial charge is 0.407 e. The Hall–Kier alpha value is -4.41. The largest absolute Gasteiger partial charge is 0.465 e. The van der Waals surface area contributed by atoms with Crippen LogP contribution in [0.4, 0.5) is 23.8 Å². The first-order valence-corrected chi connectivity index (χ1v) is 14.4. The number of likely N-dealkylation sites (tertiary alicyclic amines) is 1. The highest BCUT2D eigenvalue weighted by atomic mass is 35.5. The monoisotopic (exact) mass is 625 g/mol. The number of carboxylic acid groups (broad SMARTS) is 1. The van der Waals surface area contributed by atoms with Crippen LogP contribution in [0.3, 0.4) is 0 Å². The number of hydrogen-bond donors (Lipinski definition) is 1. The lowest BCUT2D eigenvalue weighted by molar-refractivity contribution is 0.119. The van der Waals surface area contributed by atoms with Gasteiger partial charge in [0.25, 0.3) is 0 Å². The summed E-state index contributed by atoms with van der Waals surface area (Å²) in [4.78, 5) is 29.9. The summed E-state index contributed by atoms with van der Waals surface area (Å²) >= 11 is 6.33. The number of pyridine rings is 1. The van der Waals surface area contributed by atoms with Crippen molar-refractivity contribution in [3.05, 3.63) is 53.2 Å². The van der Waals surface area contributed by atoms with E-state index >= 15 is 4.39 Å². The molecule has 0 unspecified atom stereocenters. The minimum Gasteiger partial charge on any atom is -0.465 e. The molecule has 10 nitrogen and oxygen atoms in total. The predicted molar refractivity (Wildman–Crippen MR) is 158 cm³/mol. The summed E-state index contributed by atoms with van der Waals surface area (Å²) in [5.41, 5.74) is 0.0278. The number of fused-ring (bicyclic) bond motifs is 2. The van der Waals surface area contributed by atoms with Gasteiger partial charge >= 0.3 is 12.1 Å². The topological polar surface area (TPSA) is 119 Å². The maximum absolute atomic E-state index is 16.5. The molecule has 4 aromatic rings. The number of aromatic nitrogens is 3. The van der Waals surface area contributed by atoms with E-state index in [1.807, 2.05) is 11.0 Å². The van der Waals surface area contributed by atoms with Gasteiger partial charge < -0.3 is 19.6 Å². The van der Waals surface area contributed by atoms with E-state index < -0.39 is 29.9 Å². The van der Waals surface area contributed by atoms with E-state index in [2.05, 4.69) is 15.0 Å². The summed E-state index contributed by atoms with van der Waals surface area (Å²) in [5, 5.41) is 19.9. The van der Waals surface area contributed by atoms with Gasteiger partial charge in [-0.05, 0) is 24.9 Å². The van der Waals surface area contributed by atoms with Gasteiger partial charge in [-0.1, -0.05) is 35.9 Å². The van der Waals surface area contributed by atoms with Crippen LogP contribution in [0.5, 0.6) is 6.01 Å². The first kappa shape index (κ1) is 29.7. The molecule has 2 fully saturated rings. The molecule has 6 rings (SSSR count). The van der Waals surface area contributed by atoms with E-state index in [0.717, 1.165) is 0 Å². The first-order chi connectivity index (χ1) is 21.2. The average molecular weight is 626 g/mol. The van der Waals surface area contributed by atoms with Gasteiger partial charge in [0.05, 0.1) is 28.9 Å². The second-order valence-corrected chi connectivity index (χ2v) is 11.3. The molecule has 2 aromatic heterocycles. The molecule has 3 atom stereocenters. The number of amides is 1. The summed E-state index contributed by atoms with van der Waals surface area (Å²) in [6, 6.07) is 8.76. The standard InChI is InChI=1S/C30H27ClF3N7O3/c1-39-13-17(32)11-19(39)15-44-29-37-27-21(28(38-29)40-9-10-41(30(42)43)18(14-40)7-8-35)12-36-26(25(27)34)20-4-2-3-16-5-6-22(33)24(31)23(16)20/h2-6,12,17-19H,7,9-11,13-15H2,1H3,(H,42,43)/t17-,18+,19+/m1/s1. The highest BCUT2D eigenvalue weighted by Crippen LogP contribution is 2.38. The van der Waals surface area contributed by atoms with Crippen LogP contribution >= 0.6 is 11.6 Å². The Balaban J connectivity index is 1.47. The summed E-state index contributed by atoms with van der Waals surface area (Å²) in [7, 11) is 1.79. The Kier molecular flexibility index (Phi) is 8.04. The van der Waals surface area contributed by atoms with E-state index in [1.165, 1.54) is 17.2 Å². The van der Waals surface area contributed by atoms with Gasteiger partial charge in [0, 0.05) is 49.4 Å². The lowest BCUT2D eigenvalue weighted by atomic mass is 10.0. The van der Waals surface area contributed by atoms with Crippen molar-refractivity contribution in [1.82, 2.24) is 24.8 Å². The third kappa shape index (κ3) is 5.39. The SMILES string of the molecule is CN1C[C@H](F)C[C@H]1COc1nc(N2CCN(C(=O)O)[C@@H](CC#N)C2)c2cnc(-c3cccc4ccc(F)c(Cl)c34)c(F)c2n1. The Morgan fingerprint density at radius 3 is 2.73 bits per heavy atom. The fourth-order valence-electron chi connectivity index (χ4n) is 5.98. The zero-order valence-corrected chi connectivity index (χ0v) is 24.3. The third-order valence-corrected chi connectivity index (χ3v) is 8.60. The van der Waals surface area contributed by atoms with Crippen molar-refractivity contribution in [1.29, 1.82) is 5.26 Å². The zero-order valence-electron chi connectivity index (χ0n) is 23.6. The molecule has 1 N–H and O–H groups in total. The number of carbonyl (C=O) groups is 1. The molecule has 0 saturated carbocycles. The number of benzene rings is 2. The number of alkyl halides is 1. The number of nitrogens with zero attached hydrogens (tertiary/aromatic N) is 7. The van der Waals surface area contributed by atoms with E-state index in [9.17, 15) is 23.9 Å². The Bertz CT molecular complexity index is 1810. The number of nitriles is 1. The zero-order chi connectivity index (χ0) is 31.1. The van der Waals surface area contributed by atoms with Crippen molar-refractivity contribution in [2.24, 2.45) is 0 Å². The molecular formula is C30H27ClF3N7O3. The molecule has 0 aliphatic carbocycles. The van der Waals surface area contributed by atoms with Crippen molar-refractivity contribution in [2.45, 2.75) is 31.1 Å². The molecule has 0 spiro atoms. The number of ether oxygens (including phenoxy) is 1. The van der Waals surface area contributed by atoms with Crippen molar-refractivity contribution >= 4 is 45.2 Å². The van der Waals surface area contributed by atoms with Crippen LogP contribution in [-0.4, -0.2) is 94.0 Å². The van der Waals surface area contributed by atoms with Crippen LogP contribution < -0.4 is 9.64 Å². The first-order valence-electron chi connectivity index (χ1n) is 14.0. The average Bonchev–Trinajstić information content (AvgIpc) is 3.34. The highest BCUT2D eigenvalue weighted by molar-refractivity contribution is 6.36. The summed E-state index contributed by atoms with van der Waals surface area (Å²) in [6.45, 7) is 0.730. The maximum Gasteiger partial charge on any atom is 0.407 e. The van der Waals surface area contributed by atoms with E-state index in [1.54, 1.807) is 36.2 Å². The van der Waals surface area contributed by atoms with Crippen LogP contribution in [-0.2, 0) is 0 Å². The molecule has 2 aliphatic heterocycles. The molecule has 1 amide bonds. The molecule has 2 saturated heterocycles. The molecule has 228 valence electrons. The van der Waals surface area contributed by atoms with Crippen LogP contribution in [0.2, 0.25) is 5.02 Å².